The van der Waals surface area contributed by atoms with E-state index in [2.05, 4.69) is 57.2 Å². The third-order valence-corrected chi connectivity index (χ3v) is 5.24. The molecule has 1 aliphatic rings. The van der Waals surface area contributed by atoms with E-state index in [4.69, 9.17) is 0 Å². The summed E-state index contributed by atoms with van der Waals surface area (Å²) in [5, 5.41) is 9.36. The molecule has 0 atom stereocenters. The Balaban J connectivity index is 1.59. The molecule has 2 amide bonds. The highest BCUT2D eigenvalue weighted by Gasteiger charge is 2.19. The van der Waals surface area contributed by atoms with Crippen LogP contribution in [0.2, 0.25) is 0 Å². The van der Waals surface area contributed by atoms with Crippen molar-refractivity contribution in [1.82, 2.24) is 20.2 Å². The van der Waals surface area contributed by atoms with E-state index in [-0.39, 0.29) is 6.03 Å². The molecule has 0 unspecified atom stereocenters. The molecule has 1 aliphatic heterocycles. The van der Waals surface area contributed by atoms with Crippen LogP contribution in [0.4, 0.5) is 10.6 Å². The van der Waals surface area contributed by atoms with Gasteiger partial charge in [0, 0.05) is 37.1 Å². The van der Waals surface area contributed by atoms with Crippen molar-refractivity contribution >= 4 is 33.4 Å². The fraction of sp³-hybridized carbons (Fsp3) is 0.278. The number of amides is 2. The van der Waals surface area contributed by atoms with Gasteiger partial charge in [-0.3, -0.25) is 0 Å². The lowest BCUT2D eigenvalue weighted by Crippen LogP contribution is -2.32. The average Bonchev–Trinajstić information content (AvgIpc) is 3.23. The Labute approximate surface area is 149 Å². The number of hydrogen-bond donors (Lipinski definition) is 2. The van der Waals surface area contributed by atoms with Crippen LogP contribution in [0.25, 0.3) is 21.3 Å². The summed E-state index contributed by atoms with van der Waals surface area (Å²) in [6, 6.07) is 8.49. The van der Waals surface area contributed by atoms with Crippen LogP contribution in [0.3, 0.4) is 0 Å². The fourth-order valence-electron chi connectivity index (χ4n) is 2.99. The highest BCUT2D eigenvalue weighted by atomic mass is 32.1. The maximum Gasteiger partial charge on any atom is 0.317 e. The smallest absolute Gasteiger partial charge is 0.317 e. The molecular formula is C18H19N5OS. The minimum Gasteiger partial charge on any atom is -0.368 e. The van der Waals surface area contributed by atoms with Gasteiger partial charge in [-0.2, -0.15) is 0 Å². The molecule has 0 saturated carbocycles. The summed E-state index contributed by atoms with van der Waals surface area (Å²) in [5.41, 5.74) is 3.54. The SMILES string of the molecule is Cc1ccc(-c2csc3ncnc(NCCN4CCNC4=O)c23)cc1. The van der Waals surface area contributed by atoms with E-state index >= 15 is 0 Å². The normalized spacial score (nSPS) is 14.1. The topological polar surface area (TPSA) is 70.2 Å². The van der Waals surface area contributed by atoms with Gasteiger partial charge in [0.05, 0.1) is 5.39 Å². The van der Waals surface area contributed by atoms with Crippen molar-refractivity contribution in [3.63, 3.8) is 0 Å². The first-order valence-electron chi connectivity index (χ1n) is 8.28. The molecule has 7 heteroatoms. The minimum absolute atomic E-state index is 0.00510. The lowest BCUT2D eigenvalue weighted by Gasteiger charge is -2.15. The molecule has 1 fully saturated rings. The van der Waals surface area contributed by atoms with Gasteiger partial charge in [-0.05, 0) is 12.5 Å². The molecule has 3 heterocycles. The highest BCUT2D eigenvalue weighted by Crippen LogP contribution is 2.36. The summed E-state index contributed by atoms with van der Waals surface area (Å²) >= 11 is 1.62. The number of hydrogen-bond acceptors (Lipinski definition) is 5. The van der Waals surface area contributed by atoms with Crippen LogP contribution in [0.5, 0.6) is 0 Å². The summed E-state index contributed by atoms with van der Waals surface area (Å²) in [4.78, 5) is 23.2. The van der Waals surface area contributed by atoms with Crippen LogP contribution in [0.15, 0.2) is 36.0 Å². The van der Waals surface area contributed by atoms with Crippen molar-refractivity contribution in [2.45, 2.75) is 6.92 Å². The molecule has 4 rings (SSSR count). The second kappa shape index (κ2) is 6.68. The van der Waals surface area contributed by atoms with Gasteiger partial charge in [-0.1, -0.05) is 29.8 Å². The van der Waals surface area contributed by atoms with E-state index in [1.807, 2.05) is 0 Å². The molecule has 128 valence electrons. The Morgan fingerprint density at radius 2 is 2.12 bits per heavy atom. The van der Waals surface area contributed by atoms with E-state index in [1.54, 1.807) is 22.6 Å². The van der Waals surface area contributed by atoms with Gasteiger partial charge < -0.3 is 15.5 Å². The molecule has 0 aliphatic carbocycles. The largest absolute Gasteiger partial charge is 0.368 e. The van der Waals surface area contributed by atoms with Gasteiger partial charge in [-0.25, -0.2) is 14.8 Å². The second-order valence-electron chi connectivity index (χ2n) is 6.06. The Morgan fingerprint density at radius 3 is 2.88 bits per heavy atom. The standard InChI is InChI=1S/C18H19N5OS/c1-12-2-4-13(5-3-12)14-10-25-17-15(14)16(21-11-22-17)19-6-8-23-9-7-20-18(23)24/h2-5,10-11H,6-9H2,1H3,(H,20,24)(H,19,21,22). The summed E-state index contributed by atoms with van der Waals surface area (Å²) in [6.45, 7) is 4.87. The van der Waals surface area contributed by atoms with Gasteiger partial charge in [0.2, 0.25) is 0 Å². The summed E-state index contributed by atoms with van der Waals surface area (Å²) in [5.74, 6) is 0.821. The number of aromatic nitrogens is 2. The number of nitrogens with zero attached hydrogens (tertiary/aromatic N) is 3. The number of aryl methyl sites for hydroxylation is 1. The molecule has 6 nitrogen and oxygen atoms in total. The average molecular weight is 353 g/mol. The Kier molecular flexibility index (Phi) is 4.23. The van der Waals surface area contributed by atoms with Gasteiger partial charge >= 0.3 is 6.03 Å². The first-order valence-corrected chi connectivity index (χ1v) is 9.16. The number of carbonyl (C=O) groups excluding carboxylic acids is 1. The van der Waals surface area contributed by atoms with Gasteiger partial charge in [0.25, 0.3) is 0 Å². The van der Waals surface area contributed by atoms with Crippen LogP contribution in [0, 0.1) is 6.92 Å². The van der Waals surface area contributed by atoms with Crippen molar-refractivity contribution in [1.29, 1.82) is 0 Å². The third-order valence-electron chi connectivity index (χ3n) is 4.35. The van der Waals surface area contributed by atoms with Gasteiger partial charge in [0.1, 0.15) is 17.0 Å². The van der Waals surface area contributed by atoms with Crippen LogP contribution < -0.4 is 10.6 Å². The van der Waals surface area contributed by atoms with Crippen molar-refractivity contribution < 1.29 is 4.79 Å². The monoisotopic (exact) mass is 353 g/mol. The van der Waals surface area contributed by atoms with Crippen LogP contribution in [0.1, 0.15) is 5.56 Å². The van der Waals surface area contributed by atoms with Crippen molar-refractivity contribution in [2.24, 2.45) is 0 Å². The Bertz CT molecular complexity index is 905. The van der Waals surface area contributed by atoms with Gasteiger partial charge in [0.15, 0.2) is 0 Å². The molecule has 3 aromatic rings. The highest BCUT2D eigenvalue weighted by molar-refractivity contribution is 7.17. The maximum absolute atomic E-state index is 11.6. The number of carbonyl (C=O) groups is 1. The second-order valence-corrected chi connectivity index (χ2v) is 6.92. The van der Waals surface area contributed by atoms with Crippen LogP contribution in [-0.2, 0) is 0 Å². The summed E-state index contributed by atoms with van der Waals surface area (Å²) < 4.78 is 0. The Hall–Kier alpha value is -2.67. The molecule has 0 radical (unpaired) electrons. The zero-order valence-electron chi connectivity index (χ0n) is 14.0. The predicted octanol–water partition coefficient (Wildman–Crippen LogP) is 3.10. The van der Waals surface area contributed by atoms with Gasteiger partial charge in [-0.15, -0.1) is 11.3 Å². The number of nitrogens with one attached hydrogen (secondary N) is 2. The molecule has 0 spiro atoms. The number of thiophene rings is 1. The number of anilines is 1. The first-order chi connectivity index (χ1) is 12.2. The Morgan fingerprint density at radius 1 is 1.28 bits per heavy atom. The number of rotatable bonds is 5. The quantitative estimate of drug-likeness (QED) is 0.739. The van der Waals surface area contributed by atoms with E-state index in [9.17, 15) is 4.79 Å². The molecule has 25 heavy (non-hydrogen) atoms. The van der Waals surface area contributed by atoms with Crippen molar-refractivity contribution in [3.8, 4) is 11.1 Å². The molecule has 2 aromatic heterocycles. The summed E-state index contributed by atoms with van der Waals surface area (Å²) in [6.07, 6.45) is 1.59. The van der Waals surface area contributed by atoms with Crippen LogP contribution in [-0.4, -0.2) is 47.1 Å². The molecular weight excluding hydrogens is 334 g/mol. The lowest BCUT2D eigenvalue weighted by molar-refractivity contribution is 0.219. The van der Waals surface area contributed by atoms with E-state index < -0.39 is 0 Å². The molecule has 1 aromatic carbocycles. The predicted molar refractivity (Wildman–Crippen MR) is 101 cm³/mol. The minimum atomic E-state index is 0.00510. The van der Waals surface area contributed by atoms with Crippen molar-refractivity contribution in [2.75, 3.05) is 31.5 Å². The zero-order valence-corrected chi connectivity index (χ0v) is 14.8. The maximum atomic E-state index is 11.6. The molecule has 1 saturated heterocycles. The van der Waals surface area contributed by atoms with E-state index in [0.717, 1.165) is 40.3 Å². The lowest BCUT2D eigenvalue weighted by atomic mass is 10.0. The number of fused-ring (bicyclic) bond motifs is 1. The van der Waals surface area contributed by atoms with E-state index in [0.29, 0.717) is 13.1 Å². The third kappa shape index (κ3) is 3.15. The zero-order chi connectivity index (χ0) is 17.2. The summed E-state index contributed by atoms with van der Waals surface area (Å²) in [7, 11) is 0. The first kappa shape index (κ1) is 15.8. The molecule has 2 N–H and O–H groups in total. The number of benzene rings is 1. The molecule has 0 bridgehead atoms. The van der Waals surface area contributed by atoms with Crippen LogP contribution >= 0.6 is 11.3 Å². The van der Waals surface area contributed by atoms with Crippen molar-refractivity contribution in [3.05, 3.63) is 41.5 Å². The number of urea groups is 1. The van der Waals surface area contributed by atoms with E-state index in [1.165, 1.54) is 5.56 Å². The fourth-order valence-corrected chi connectivity index (χ4v) is 3.90.